The fourth-order valence-corrected chi connectivity index (χ4v) is 6.48. The van der Waals surface area contributed by atoms with E-state index in [-0.39, 0.29) is 0 Å². The number of benzene rings is 3. The highest BCUT2D eigenvalue weighted by Gasteiger charge is 2.24. The van der Waals surface area contributed by atoms with Crippen LogP contribution in [0.2, 0.25) is 0 Å². The summed E-state index contributed by atoms with van der Waals surface area (Å²) in [5.41, 5.74) is 6.14. The molecule has 3 aromatic carbocycles. The number of nitrogens with one attached hydrogen (secondary N) is 1. The molecule has 0 spiro atoms. The van der Waals surface area contributed by atoms with Gasteiger partial charge < -0.3 is 10.2 Å². The molecular weight excluding hydrogens is 492 g/mol. The summed E-state index contributed by atoms with van der Waals surface area (Å²) in [7, 11) is 2.42. The first kappa shape index (κ1) is 24.7. The van der Waals surface area contributed by atoms with Crippen molar-refractivity contribution in [2.24, 2.45) is 0 Å². The first-order valence-corrected chi connectivity index (χ1v) is 14.1. The first-order chi connectivity index (χ1) is 18.4. The van der Waals surface area contributed by atoms with Crippen LogP contribution in [0, 0.1) is 0 Å². The highest BCUT2D eigenvalue weighted by molar-refractivity contribution is 7.82. The number of anilines is 1. The van der Waals surface area contributed by atoms with Crippen LogP contribution in [0.4, 0.5) is 5.69 Å². The zero-order valence-electron chi connectivity index (χ0n) is 22.1. The Morgan fingerprint density at radius 1 is 0.868 bits per heavy atom. The van der Waals surface area contributed by atoms with E-state index in [0.717, 1.165) is 56.7 Å². The number of aromatic nitrogens is 3. The van der Waals surface area contributed by atoms with Crippen molar-refractivity contribution >= 4 is 33.1 Å². The van der Waals surface area contributed by atoms with Gasteiger partial charge in [-0.2, -0.15) is 5.10 Å². The predicted molar refractivity (Wildman–Crippen MR) is 156 cm³/mol. The number of hydrogen-bond donors (Lipinski definition) is 1. The Labute approximate surface area is 225 Å². The van der Waals surface area contributed by atoms with Gasteiger partial charge in [0.2, 0.25) is 0 Å². The predicted octanol–water partition coefficient (Wildman–Crippen LogP) is 4.99. The molecule has 1 aliphatic heterocycles. The highest BCUT2D eigenvalue weighted by atomic mass is 32.2. The Hall–Kier alpha value is -3.59. The molecule has 0 radical (unpaired) electrons. The lowest BCUT2D eigenvalue weighted by Gasteiger charge is -2.41. The van der Waals surface area contributed by atoms with Gasteiger partial charge in [-0.3, -0.25) is 0 Å². The fraction of sp³-hybridized carbons (Fsp3) is 0.267. The molecule has 1 fully saturated rings. The van der Waals surface area contributed by atoms with Gasteiger partial charge in [0.1, 0.15) is 11.0 Å². The minimum atomic E-state index is -1.23. The third-order valence-corrected chi connectivity index (χ3v) is 8.77. The molecule has 0 aliphatic carbocycles. The molecule has 1 saturated heterocycles. The number of piperazine rings is 1. The van der Waals surface area contributed by atoms with Gasteiger partial charge >= 0.3 is 0 Å². The molecule has 1 unspecified atom stereocenters. The van der Waals surface area contributed by atoms with Crippen molar-refractivity contribution in [3.8, 4) is 22.3 Å². The molecule has 1 aliphatic rings. The van der Waals surface area contributed by atoms with Crippen molar-refractivity contribution in [1.82, 2.24) is 24.2 Å². The van der Waals surface area contributed by atoms with E-state index in [1.807, 2.05) is 67.5 Å². The smallest absolute Gasteiger partial charge is 0.162 e. The monoisotopic (exact) mass is 524 g/mol. The molecule has 194 valence electrons. The van der Waals surface area contributed by atoms with Gasteiger partial charge in [-0.25, -0.2) is 18.0 Å². The average molecular weight is 525 g/mol. The third kappa shape index (κ3) is 4.28. The minimum absolute atomic E-state index is 0.457. The van der Waals surface area contributed by atoms with Crippen LogP contribution >= 0.6 is 0 Å². The summed E-state index contributed by atoms with van der Waals surface area (Å²) in [6.45, 7) is 6.53. The molecule has 6 rings (SSSR count). The van der Waals surface area contributed by atoms with Crippen LogP contribution < -0.4 is 10.2 Å². The molecule has 38 heavy (non-hydrogen) atoms. The van der Waals surface area contributed by atoms with Crippen molar-refractivity contribution in [2.75, 3.05) is 32.1 Å². The molecule has 1 N–H and O–H groups in total. The molecule has 3 atom stereocenters. The van der Waals surface area contributed by atoms with Crippen molar-refractivity contribution in [1.29, 1.82) is 0 Å². The van der Waals surface area contributed by atoms with E-state index in [1.165, 1.54) is 5.69 Å². The molecule has 0 saturated carbocycles. The molecular formula is C30H32N6OS. The van der Waals surface area contributed by atoms with Crippen molar-refractivity contribution in [3.63, 3.8) is 0 Å². The number of hydrogen-bond acceptors (Lipinski definition) is 5. The second-order valence-corrected chi connectivity index (χ2v) is 11.9. The van der Waals surface area contributed by atoms with Gasteiger partial charge in [0.25, 0.3) is 0 Å². The maximum absolute atomic E-state index is 12.9. The van der Waals surface area contributed by atoms with Crippen LogP contribution in [-0.4, -0.2) is 62.4 Å². The summed E-state index contributed by atoms with van der Waals surface area (Å²) in [6, 6.07) is 21.7. The van der Waals surface area contributed by atoms with E-state index < -0.39 is 11.0 Å². The average Bonchev–Trinajstić information content (AvgIpc) is 3.35. The quantitative estimate of drug-likeness (QED) is 0.351. The zero-order valence-corrected chi connectivity index (χ0v) is 22.9. The van der Waals surface area contributed by atoms with E-state index in [4.69, 9.17) is 4.98 Å². The summed E-state index contributed by atoms with van der Waals surface area (Å²) in [4.78, 5) is 8.13. The maximum atomic E-state index is 12.9. The maximum Gasteiger partial charge on any atom is 0.162 e. The van der Waals surface area contributed by atoms with Crippen molar-refractivity contribution in [2.45, 2.75) is 30.8 Å². The Morgan fingerprint density at radius 2 is 1.58 bits per heavy atom. The topological polar surface area (TPSA) is 65.8 Å². The molecule has 3 heterocycles. The Bertz CT molecular complexity index is 1630. The lowest BCUT2D eigenvalue weighted by molar-refractivity contribution is 0.432. The van der Waals surface area contributed by atoms with Crippen LogP contribution in [0.1, 0.15) is 13.8 Å². The van der Waals surface area contributed by atoms with Gasteiger partial charge in [0, 0.05) is 54.4 Å². The lowest BCUT2D eigenvalue weighted by Crippen LogP contribution is -2.55. The van der Waals surface area contributed by atoms with E-state index in [0.29, 0.717) is 12.1 Å². The summed E-state index contributed by atoms with van der Waals surface area (Å²) in [5.74, 6) is 0. The summed E-state index contributed by atoms with van der Waals surface area (Å²) in [6.07, 6.45) is 5.82. The van der Waals surface area contributed by atoms with Gasteiger partial charge in [0.05, 0.1) is 11.1 Å². The number of nitrogens with zero attached hydrogens (tertiary/aromatic N) is 5. The molecule has 8 heteroatoms. The third-order valence-electron chi connectivity index (χ3n) is 7.38. The largest absolute Gasteiger partial charge is 0.364 e. The van der Waals surface area contributed by atoms with Crippen LogP contribution in [0.25, 0.3) is 38.7 Å². The second-order valence-electron chi connectivity index (χ2n) is 10.2. The Balaban J connectivity index is 1.35. The normalized spacial score (nSPS) is 18.9. The highest BCUT2D eigenvalue weighted by Crippen LogP contribution is 2.35. The van der Waals surface area contributed by atoms with Crippen LogP contribution in [0.5, 0.6) is 0 Å². The van der Waals surface area contributed by atoms with Gasteiger partial charge in [-0.05, 0) is 68.0 Å². The fourth-order valence-electron chi connectivity index (χ4n) is 5.54. The standard InChI is InChI=1S/C30H32N6OS/c1-20-15-31-16-21(2)36(20)24-11-9-22(10-12-24)23-17-32-30-28(18-33-35(30)19-23)26-13-14-29(38(37)34(3)4)27-8-6-5-7-25(26)27/h5-14,17-21,31H,15-16H2,1-4H3/t20-,21+,38?. The first-order valence-electron chi connectivity index (χ1n) is 13.0. The zero-order chi connectivity index (χ0) is 26.4. The lowest BCUT2D eigenvalue weighted by atomic mass is 10.00. The Kier molecular flexibility index (Phi) is 6.47. The van der Waals surface area contributed by atoms with Crippen molar-refractivity contribution < 1.29 is 4.21 Å². The summed E-state index contributed by atoms with van der Waals surface area (Å²) in [5, 5.41) is 10.2. The molecule has 5 aromatic rings. The van der Waals surface area contributed by atoms with E-state index in [2.05, 4.69) is 59.5 Å². The van der Waals surface area contributed by atoms with Gasteiger partial charge in [0.15, 0.2) is 5.65 Å². The second kappa shape index (κ2) is 9.94. The van der Waals surface area contributed by atoms with Crippen molar-refractivity contribution in [3.05, 3.63) is 79.3 Å². The number of fused-ring (bicyclic) bond motifs is 2. The van der Waals surface area contributed by atoms with E-state index >= 15 is 0 Å². The van der Waals surface area contributed by atoms with E-state index in [1.54, 1.807) is 4.31 Å². The van der Waals surface area contributed by atoms with Crippen LogP contribution in [0.15, 0.2) is 84.1 Å². The molecule has 0 bridgehead atoms. The van der Waals surface area contributed by atoms with E-state index in [9.17, 15) is 4.21 Å². The molecule has 2 aromatic heterocycles. The molecule has 0 amide bonds. The Morgan fingerprint density at radius 3 is 2.29 bits per heavy atom. The summed E-state index contributed by atoms with van der Waals surface area (Å²) < 4.78 is 16.5. The van der Waals surface area contributed by atoms with Gasteiger partial charge in [-0.1, -0.05) is 42.5 Å². The minimum Gasteiger partial charge on any atom is -0.364 e. The van der Waals surface area contributed by atoms with Crippen LogP contribution in [-0.2, 0) is 11.0 Å². The van der Waals surface area contributed by atoms with Gasteiger partial charge in [-0.15, -0.1) is 0 Å². The summed E-state index contributed by atoms with van der Waals surface area (Å²) >= 11 is 0. The van der Waals surface area contributed by atoms with Crippen LogP contribution in [0.3, 0.4) is 0 Å². The SMILES string of the molecule is C[C@@H]1CNC[C@H](C)N1c1ccc(-c2cnc3c(-c4ccc(S(=O)N(C)C)c5ccccc45)cnn3c2)cc1. The number of rotatable bonds is 5. The molecule has 7 nitrogen and oxygen atoms in total.